The molecule has 2 aromatic carbocycles. The Morgan fingerprint density at radius 1 is 1.05 bits per heavy atom. The summed E-state index contributed by atoms with van der Waals surface area (Å²) in [7, 11) is 0. The number of Topliss-reactive ketones (excluding diaryl/α,β-unsaturated/α-hetero) is 1. The molecule has 0 atom stereocenters. The molecule has 1 aliphatic heterocycles. The number of primary amides is 1. The molecular formula is C27H28ClN7O4. The zero-order valence-corrected chi connectivity index (χ0v) is 21.8. The van der Waals surface area contributed by atoms with Gasteiger partial charge in [0.2, 0.25) is 5.95 Å². The molecule has 1 saturated heterocycles. The maximum atomic E-state index is 12.7. The van der Waals surface area contributed by atoms with E-state index in [0.29, 0.717) is 17.8 Å². The fourth-order valence-corrected chi connectivity index (χ4v) is 4.22. The highest BCUT2D eigenvalue weighted by atomic mass is 35.5. The number of aromatic hydroxyl groups is 1. The number of nitrogens with one attached hydrogen (secondary N) is 3. The van der Waals surface area contributed by atoms with E-state index in [-0.39, 0.29) is 45.4 Å². The van der Waals surface area contributed by atoms with Crippen molar-refractivity contribution in [3.8, 4) is 5.75 Å². The maximum absolute atomic E-state index is 12.7. The van der Waals surface area contributed by atoms with Crippen molar-refractivity contribution in [2.24, 2.45) is 5.73 Å². The summed E-state index contributed by atoms with van der Waals surface area (Å²) in [5.41, 5.74) is 6.59. The number of carbonyl (C=O) groups is 3. The van der Waals surface area contributed by atoms with Gasteiger partial charge in [-0.2, -0.15) is 4.98 Å². The summed E-state index contributed by atoms with van der Waals surface area (Å²) in [6, 6.07) is 10.8. The number of piperidine rings is 1. The van der Waals surface area contributed by atoms with Gasteiger partial charge in [0.15, 0.2) is 5.82 Å². The Kier molecular flexibility index (Phi) is 8.74. The van der Waals surface area contributed by atoms with Crippen LogP contribution in [0.4, 0.5) is 28.8 Å². The van der Waals surface area contributed by atoms with Crippen molar-refractivity contribution in [3.63, 3.8) is 0 Å². The van der Waals surface area contributed by atoms with Crippen LogP contribution in [0, 0.1) is 0 Å². The molecule has 1 fully saturated rings. The second-order valence-corrected chi connectivity index (χ2v) is 9.41. The molecule has 2 heterocycles. The van der Waals surface area contributed by atoms with Crippen LogP contribution < -0.4 is 21.7 Å². The molecule has 1 aliphatic rings. The third-order valence-corrected chi connectivity index (χ3v) is 6.35. The molecule has 6 N–H and O–H groups in total. The van der Waals surface area contributed by atoms with Crippen molar-refractivity contribution in [1.29, 1.82) is 0 Å². The van der Waals surface area contributed by atoms with Gasteiger partial charge in [0.1, 0.15) is 10.8 Å². The summed E-state index contributed by atoms with van der Waals surface area (Å²) in [4.78, 5) is 46.9. The zero-order valence-electron chi connectivity index (χ0n) is 21.0. The van der Waals surface area contributed by atoms with E-state index in [1.54, 1.807) is 24.3 Å². The number of anilines is 5. The van der Waals surface area contributed by atoms with Crippen molar-refractivity contribution in [2.75, 3.05) is 35.6 Å². The number of nitrogens with two attached hydrogens (primary N) is 1. The topological polar surface area (TPSA) is 163 Å². The fraction of sp³-hybridized carbons (Fsp3) is 0.222. The Morgan fingerprint density at radius 3 is 2.54 bits per heavy atom. The standard InChI is InChI=1S/C27H28ClN7O4/c1-16(15-35-11-5-2-6-12-35)26(39)31-17-9-10-22(36)21(13-17)33-27-30-14-19(28)25(34-27)32-20-8-4-3-7-18(20)23(37)24(29)38/h3-4,7-10,13-14,36H,1-2,5-6,11-12,15H2,(H2,29,38)(H,31,39)(H2,30,32,33,34). The SMILES string of the molecule is C=C(CN1CCCCC1)C(=O)Nc1ccc(O)c(Nc2ncc(Cl)c(Nc3ccccc3C(=O)C(N)=O)n2)c1. The predicted molar refractivity (Wildman–Crippen MR) is 150 cm³/mol. The minimum absolute atomic E-state index is 0.0529. The number of hydrogen-bond donors (Lipinski definition) is 5. The Balaban J connectivity index is 1.48. The number of rotatable bonds is 10. The molecule has 0 spiro atoms. The lowest BCUT2D eigenvalue weighted by Gasteiger charge is -2.26. The predicted octanol–water partition coefficient (Wildman–Crippen LogP) is 3.97. The number of phenols is 1. The number of ketones is 1. The number of benzene rings is 2. The van der Waals surface area contributed by atoms with E-state index in [4.69, 9.17) is 17.3 Å². The molecule has 0 bridgehead atoms. The van der Waals surface area contributed by atoms with Crippen LogP contribution in [-0.2, 0) is 9.59 Å². The van der Waals surface area contributed by atoms with Gasteiger partial charge in [-0.3, -0.25) is 19.3 Å². The summed E-state index contributed by atoms with van der Waals surface area (Å²) in [5.74, 6) is -2.19. The van der Waals surface area contributed by atoms with E-state index in [2.05, 4.69) is 37.4 Å². The van der Waals surface area contributed by atoms with Crippen LogP contribution in [0.15, 0.2) is 60.8 Å². The lowest BCUT2D eigenvalue weighted by atomic mass is 10.1. The van der Waals surface area contributed by atoms with E-state index in [0.717, 1.165) is 25.9 Å². The minimum atomic E-state index is -1.10. The van der Waals surface area contributed by atoms with Gasteiger partial charge < -0.3 is 26.8 Å². The summed E-state index contributed by atoms with van der Waals surface area (Å²) in [5, 5.41) is 19.1. The van der Waals surface area contributed by atoms with Gasteiger partial charge in [-0.25, -0.2) is 4.98 Å². The summed E-state index contributed by atoms with van der Waals surface area (Å²) < 4.78 is 0. The maximum Gasteiger partial charge on any atom is 0.289 e. The largest absolute Gasteiger partial charge is 0.506 e. The Bertz CT molecular complexity index is 1420. The molecule has 3 aromatic rings. The number of hydrogen-bond acceptors (Lipinski definition) is 9. The molecule has 12 heteroatoms. The average molecular weight is 550 g/mol. The Labute approximate surface area is 230 Å². The molecule has 1 aromatic heterocycles. The molecule has 0 aliphatic carbocycles. The van der Waals surface area contributed by atoms with Gasteiger partial charge in [-0.05, 0) is 56.3 Å². The first-order valence-corrected chi connectivity index (χ1v) is 12.6. The van der Waals surface area contributed by atoms with Gasteiger partial charge in [0, 0.05) is 17.8 Å². The number of para-hydroxylation sites is 1. The van der Waals surface area contributed by atoms with E-state index in [1.807, 2.05) is 0 Å². The highest BCUT2D eigenvalue weighted by Crippen LogP contribution is 2.31. The number of likely N-dealkylation sites (tertiary alicyclic amines) is 1. The van der Waals surface area contributed by atoms with Crippen molar-refractivity contribution >= 4 is 58.0 Å². The van der Waals surface area contributed by atoms with E-state index in [9.17, 15) is 19.5 Å². The van der Waals surface area contributed by atoms with E-state index < -0.39 is 11.7 Å². The number of nitrogens with zero attached hydrogens (tertiary/aromatic N) is 3. The second-order valence-electron chi connectivity index (χ2n) is 9.01. The fourth-order valence-electron chi connectivity index (χ4n) is 4.08. The molecule has 202 valence electrons. The van der Waals surface area contributed by atoms with E-state index >= 15 is 0 Å². The van der Waals surface area contributed by atoms with Crippen LogP contribution in [0.25, 0.3) is 0 Å². The van der Waals surface area contributed by atoms with Crippen molar-refractivity contribution in [3.05, 3.63) is 71.4 Å². The summed E-state index contributed by atoms with van der Waals surface area (Å²) >= 11 is 6.26. The number of carbonyl (C=O) groups excluding carboxylic acids is 3. The highest BCUT2D eigenvalue weighted by molar-refractivity contribution is 6.43. The summed E-state index contributed by atoms with van der Waals surface area (Å²) in [6.07, 6.45) is 4.76. The van der Waals surface area contributed by atoms with Crippen molar-refractivity contribution in [2.45, 2.75) is 19.3 Å². The third-order valence-electron chi connectivity index (χ3n) is 6.08. The minimum Gasteiger partial charge on any atom is -0.506 e. The quantitative estimate of drug-likeness (QED) is 0.0827. The van der Waals surface area contributed by atoms with Gasteiger partial charge >= 0.3 is 0 Å². The first kappa shape index (κ1) is 27.6. The molecule has 2 amide bonds. The number of halogens is 1. The molecule has 0 radical (unpaired) electrons. The van der Waals surface area contributed by atoms with E-state index in [1.165, 1.54) is 30.8 Å². The van der Waals surface area contributed by atoms with Gasteiger partial charge in [0.05, 0.1) is 23.1 Å². The van der Waals surface area contributed by atoms with Crippen LogP contribution in [0.2, 0.25) is 5.02 Å². The molecular weight excluding hydrogens is 522 g/mol. The first-order valence-electron chi connectivity index (χ1n) is 12.3. The smallest absolute Gasteiger partial charge is 0.289 e. The molecule has 11 nitrogen and oxygen atoms in total. The molecule has 39 heavy (non-hydrogen) atoms. The number of phenolic OH excluding ortho intramolecular Hbond substituents is 1. The first-order chi connectivity index (χ1) is 18.7. The van der Waals surface area contributed by atoms with Gasteiger partial charge in [0.25, 0.3) is 17.6 Å². The Morgan fingerprint density at radius 2 is 1.79 bits per heavy atom. The molecule has 4 rings (SSSR count). The average Bonchev–Trinajstić information content (AvgIpc) is 2.92. The van der Waals surface area contributed by atoms with Crippen LogP contribution in [-0.4, -0.2) is 57.2 Å². The monoisotopic (exact) mass is 549 g/mol. The number of aromatic nitrogens is 2. The lowest BCUT2D eigenvalue weighted by molar-refractivity contribution is -0.114. The summed E-state index contributed by atoms with van der Waals surface area (Å²) in [6.45, 7) is 6.32. The van der Waals surface area contributed by atoms with Crippen LogP contribution >= 0.6 is 11.6 Å². The highest BCUT2D eigenvalue weighted by Gasteiger charge is 2.19. The third kappa shape index (κ3) is 7.09. The zero-order chi connectivity index (χ0) is 27.9. The normalized spacial score (nSPS) is 13.4. The van der Waals surface area contributed by atoms with Crippen molar-refractivity contribution < 1.29 is 19.5 Å². The second kappa shape index (κ2) is 12.4. The van der Waals surface area contributed by atoms with Gasteiger partial charge in [-0.1, -0.05) is 36.7 Å². The van der Waals surface area contributed by atoms with Gasteiger partial charge in [-0.15, -0.1) is 0 Å². The molecule has 0 saturated carbocycles. The van der Waals surface area contributed by atoms with Crippen LogP contribution in [0.1, 0.15) is 29.6 Å². The van der Waals surface area contributed by atoms with Crippen LogP contribution in [0.5, 0.6) is 5.75 Å². The van der Waals surface area contributed by atoms with Crippen LogP contribution in [0.3, 0.4) is 0 Å². The molecule has 0 unspecified atom stereocenters. The lowest BCUT2D eigenvalue weighted by Crippen LogP contribution is -2.33. The number of amides is 2. The Hall–Kier alpha value is -4.48. The van der Waals surface area contributed by atoms with Crippen molar-refractivity contribution in [1.82, 2.24) is 14.9 Å².